The van der Waals surface area contributed by atoms with E-state index in [2.05, 4.69) is 20.5 Å². The molecule has 1 N–H and O–H groups in total. The molecule has 3 aromatic rings. The minimum Gasteiger partial charge on any atom is -0.350 e. The third kappa shape index (κ3) is 2.80. The fraction of sp³-hybridized carbons (Fsp3) is 0.385. The summed E-state index contributed by atoms with van der Waals surface area (Å²) >= 11 is 1.53. The van der Waals surface area contributed by atoms with Crippen molar-refractivity contribution in [3.8, 4) is 0 Å². The van der Waals surface area contributed by atoms with Gasteiger partial charge in [0.15, 0.2) is 0 Å². The van der Waals surface area contributed by atoms with Gasteiger partial charge < -0.3 is 5.32 Å². The second-order valence-electron chi connectivity index (χ2n) is 4.76. The molecule has 0 fully saturated rings. The number of hydrogen-bond acceptors (Lipinski definition) is 5. The second kappa shape index (κ2) is 5.65. The summed E-state index contributed by atoms with van der Waals surface area (Å²) in [7, 11) is 1.89. The van der Waals surface area contributed by atoms with E-state index in [1.165, 1.54) is 11.3 Å². The van der Waals surface area contributed by atoms with Crippen LogP contribution in [0.4, 0.5) is 0 Å². The van der Waals surface area contributed by atoms with Gasteiger partial charge in [0.2, 0.25) is 5.91 Å². The minimum absolute atomic E-state index is 0.00427. The first-order valence-corrected chi connectivity index (χ1v) is 7.53. The van der Waals surface area contributed by atoms with Crippen molar-refractivity contribution in [2.75, 3.05) is 0 Å². The van der Waals surface area contributed by atoms with E-state index in [1.54, 1.807) is 17.1 Å². The van der Waals surface area contributed by atoms with Crippen LogP contribution in [0.25, 0.3) is 11.0 Å². The Morgan fingerprint density at radius 2 is 2.33 bits per heavy atom. The summed E-state index contributed by atoms with van der Waals surface area (Å²) in [6, 6.07) is 0. The fourth-order valence-electron chi connectivity index (χ4n) is 2.29. The smallest absolute Gasteiger partial charge is 0.222 e. The summed E-state index contributed by atoms with van der Waals surface area (Å²) in [6.07, 6.45) is 3.90. The summed E-state index contributed by atoms with van der Waals surface area (Å²) in [5.41, 5.74) is 2.90. The van der Waals surface area contributed by atoms with E-state index in [0.717, 1.165) is 21.7 Å². The molecule has 110 valence electrons. The summed E-state index contributed by atoms with van der Waals surface area (Å²) in [5, 5.41) is 14.3. The summed E-state index contributed by atoms with van der Waals surface area (Å²) in [5.74, 6) is -0.00427. The molecule has 0 aliphatic heterocycles. The maximum atomic E-state index is 11.9. The molecule has 0 saturated carbocycles. The molecule has 3 heterocycles. The normalized spacial score (nSPS) is 11.1. The van der Waals surface area contributed by atoms with Crippen molar-refractivity contribution in [1.82, 2.24) is 29.9 Å². The van der Waals surface area contributed by atoms with E-state index in [9.17, 15) is 4.79 Å². The third-order valence-electron chi connectivity index (χ3n) is 3.28. The molecular formula is C13H16N6OS. The van der Waals surface area contributed by atoms with E-state index in [4.69, 9.17) is 0 Å². The first-order chi connectivity index (χ1) is 10.1. The highest BCUT2D eigenvalue weighted by Crippen LogP contribution is 2.16. The summed E-state index contributed by atoms with van der Waals surface area (Å²) < 4.78 is 3.64. The molecule has 3 aromatic heterocycles. The summed E-state index contributed by atoms with van der Waals surface area (Å²) in [6.45, 7) is 2.97. The number of fused-ring (bicyclic) bond motifs is 1. The standard InChI is InChI=1S/C13H16N6OS/c1-9-13-10(18(2)17-9)7-16-19(13)5-3-11(20)15-8-12-14-4-6-21-12/h4,6-7H,3,5,8H2,1-2H3,(H,15,20). The van der Waals surface area contributed by atoms with Gasteiger partial charge in [0.1, 0.15) is 16.0 Å². The van der Waals surface area contributed by atoms with E-state index >= 15 is 0 Å². The van der Waals surface area contributed by atoms with Gasteiger partial charge in [-0.25, -0.2) is 4.98 Å². The highest BCUT2D eigenvalue weighted by molar-refractivity contribution is 7.09. The van der Waals surface area contributed by atoms with Crippen LogP contribution in [0.5, 0.6) is 0 Å². The van der Waals surface area contributed by atoms with E-state index in [-0.39, 0.29) is 5.91 Å². The zero-order valence-corrected chi connectivity index (χ0v) is 12.7. The van der Waals surface area contributed by atoms with Gasteiger partial charge in [-0.05, 0) is 6.92 Å². The van der Waals surface area contributed by atoms with Crippen LogP contribution >= 0.6 is 11.3 Å². The predicted molar refractivity (Wildman–Crippen MR) is 79.8 cm³/mol. The lowest BCUT2D eigenvalue weighted by Gasteiger charge is -2.04. The lowest BCUT2D eigenvalue weighted by atomic mass is 10.3. The van der Waals surface area contributed by atoms with Gasteiger partial charge >= 0.3 is 0 Å². The van der Waals surface area contributed by atoms with Crippen LogP contribution in [0.15, 0.2) is 17.8 Å². The topological polar surface area (TPSA) is 77.6 Å². The number of hydrogen-bond donors (Lipinski definition) is 1. The highest BCUT2D eigenvalue weighted by atomic mass is 32.1. The number of thiazole rings is 1. The Bertz CT molecular complexity index is 757. The Morgan fingerprint density at radius 3 is 3.10 bits per heavy atom. The second-order valence-corrected chi connectivity index (χ2v) is 5.74. The van der Waals surface area contributed by atoms with Crippen molar-refractivity contribution < 1.29 is 4.79 Å². The van der Waals surface area contributed by atoms with Crippen molar-refractivity contribution in [2.24, 2.45) is 7.05 Å². The first kappa shape index (κ1) is 13.7. The average molecular weight is 304 g/mol. The molecule has 0 spiro atoms. The van der Waals surface area contributed by atoms with Crippen molar-refractivity contribution >= 4 is 28.3 Å². The molecule has 0 aliphatic rings. The van der Waals surface area contributed by atoms with Crippen LogP contribution in [-0.2, 0) is 24.9 Å². The van der Waals surface area contributed by atoms with Gasteiger partial charge in [0.25, 0.3) is 0 Å². The van der Waals surface area contributed by atoms with Crippen molar-refractivity contribution in [3.63, 3.8) is 0 Å². The molecule has 21 heavy (non-hydrogen) atoms. The first-order valence-electron chi connectivity index (χ1n) is 6.65. The number of aryl methyl sites for hydroxylation is 3. The van der Waals surface area contributed by atoms with Crippen LogP contribution in [-0.4, -0.2) is 30.5 Å². The highest BCUT2D eigenvalue weighted by Gasteiger charge is 2.12. The maximum absolute atomic E-state index is 11.9. The summed E-state index contributed by atoms with van der Waals surface area (Å²) in [4.78, 5) is 16.0. The zero-order chi connectivity index (χ0) is 14.8. The molecule has 0 atom stereocenters. The number of amides is 1. The van der Waals surface area contributed by atoms with Crippen LogP contribution in [0, 0.1) is 6.92 Å². The molecule has 0 radical (unpaired) electrons. The Labute approximate surface area is 125 Å². The molecule has 0 aliphatic carbocycles. The molecule has 3 rings (SSSR count). The number of carbonyl (C=O) groups excluding carboxylic acids is 1. The molecule has 7 nitrogen and oxygen atoms in total. The molecule has 8 heteroatoms. The zero-order valence-electron chi connectivity index (χ0n) is 11.9. The minimum atomic E-state index is -0.00427. The fourth-order valence-corrected chi connectivity index (χ4v) is 2.85. The van der Waals surface area contributed by atoms with Crippen LogP contribution in [0.3, 0.4) is 0 Å². The average Bonchev–Trinajstić information content (AvgIpc) is 3.15. The molecule has 0 unspecified atom stereocenters. The maximum Gasteiger partial charge on any atom is 0.222 e. The van der Waals surface area contributed by atoms with E-state index < -0.39 is 0 Å². The van der Waals surface area contributed by atoms with Gasteiger partial charge in [0, 0.05) is 25.0 Å². The van der Waals surface area contributed by atoms with Gasteiger partial charge in [-0.2, -0.15) is 10.2 Å². The quantitative estimate of drug-likeness (QED) is 0.769. The predicted octanol–water partition coefficient (Wildman–Crippen LogP) is 1.24. The molecule has 0 bridgehead atoms. The van der Waals surface area contributed by atoms with Gasteiger partial charge in [-0.3, -0.25) is 14.2 Å². The Kier molecular flexibility index (Phi) is 3.70. The van der Waals surface area contributed by atoms with Crippen molar-refractivity contribution in [2.45, 2.75) is 26.4 Å². The molecular weight excluding hydrogens is 288 g/mol. The van der Waals surface area contributed by atoms with Crippen LogP contribution in [0.2, 0.25) is 0 Å². The largest absolute Gasteiger partial charge is 0.350 e. The lowest BCUT2D eigenvalue weighted by Crippen LogP contribution is -2.24. The Hall–Kier alpha value is -2.22. The van der Waals surface area contributed by atoms with E-state index in [1.807, 2.05) is 24.0 Å². The molecule has 0 aromatic carbocycles. The van der Waals surface area contributed by atoms with Gasteiger partial charge in [0.05, 0.1) is 25.0 Å². The monoisotopic (exact) mass is 304 g/mol. The number of nitrogens with one attached hydrogen (secondary N) is 1. The van der Waals surface area contributed by atoms with Crippen molar-refractivity contribution in [1.29, 1.82) is 0 Å². The number of carbonyl (C=O) groups is 1. The molecule has 0 saturated heterocycles. The Balaban J connectivity index is 1.60. The van der Waals surface area contributed by atoms with E-state index in [0.29, 0.717) is 19.5 Å². The Morgan fingerprint density at radius 1 is 1.48 bits per heavy atom. The van der Waals surface area contributed by atoms with Gasteiger partial charge in [-0.15, -0.1) is 11.3 Å². The number of nitrogens with zero attached hydrogens (tertiary/aromatic N) is 5. The van der Waals surface area contributed by atoms with Crippen LogP contribution < -0.4 is 5.32 Å². The molecule has 1 amide bonds. The van der Waals surface area contributed by atoms with Crippen LogP contribution in [0.1, 0.15) is 17.1 Å². The SMILES string of the molecule is Cc1nn(C)c2cnn(CCC(=O)NCc3nccs3)c12. The number of aromatic nitrogens is 5. The third-order valence-corrected chi connectivity index (χ3v) is 4.06. The van der Waals surface area contributed by atoms with Crippen molar-refractivity contribution in [3.05, 3.63) is 28.5 Å². The number of rotatable bonds is 5. The van der Waals surface area contributed by atoms with Gasteiger partial charge in [-0.1, -0.05) is 0 Å². The lowest BCUT2D eigenvalue weighted by molar-refractivity contribution is -0.121.